The summed E-state index contributed by atoms with van der Waals surface area (Å²) in [7, 11) is 0. The maximum absolute atomic E-state index is 11.5. The van der Waals surface area contributed by atoms with Gasteiger partial charge in [0.25, 0.3) is 0 Å². The van der Waals surface area contributed by atoms with E-state index in [1.807, 2.05) is 20.8 Å². The average molecular weight is 479 g/mol. The fourth-order valence-corrected chi connectivity index (χ4v) is 5.10. The van der Waals surface area contributed by atoms with E-state index < -0.39 is 56.8 Å². The first-order valence-electron chi connectivity index (χ1n) is 11.5. The van der Waals surface area contributed by atoms with Gasteiger partial charge in [0.15, 0.2) is 0 Å². The molecule has 9 heteroatoms. The van der Waals surface area contributed by atoms with Crippen molar-refractivity contribution in [3.63, 3.8) is 0 Å². The Hall–Kier alpha value is -0.360. The van der Waals surface area contributed by atoms with Crippen molar-refractivity contribution < 1.29 is 44.8 Å². The molecule has 2 aliphatic heterocycles. The van der Waals surface area contributed by atoms with Crippen LogP contribution in [0.3, 0.4) is 0 Å². The summed E-state index contributed by atoms with van der Waals surface area (Å²) >= 11 is 0. The normalized spacial score (nSPS) is 55.3. The molecule has 8 atom stereocenters. The molecule has 6 N–H and O–H groups in total. The van der Waals surface area contributed by atoms with E-state index in [1.165, 1.54) is 27.7 Å². The molecule has 0 bridgehead atoms. The number of ether oxygens (including phenoxy) is 3. The number of aliphatic hydroxyl groups is 6. The van der Waals surface area contributed by atoms with Gasteiger partial charge in [-0.15, -0.1) is 0 Å². The second-order valence-corrected chi connectivity index (χ2v) is 12.4. The van der Waals surface area contributed by atoms with Crippen LogP contribution in [0.15, 0.2) is 0 Å². The molecule has 0 saturated carbocycles. The monoisotopic (exact) mass is 478 g/mol. The lowest BCUT2D eigenvalue weighted by molar-refractivity contribution is -0.411. The zero-order valence-electron chi connectivity index (χ0n) is 21.9. The molecule has 2 rings (SSSR count). The fourth-order valence-electron chi connectivity index (χ4n) is 5.10. The highest BCUT2D eigenvalue weighted by molar-refractivity contribution is 5.24. The van der Waals surface area contributed by atoms with Crippen LogP contribution < -0.4 is 0 Å². The SMILES string of the molecule is CC1(O)COC(C)(C)C(C)(OC[C@@]2(C)OC(C)(CO)[C@@](C)(O)C(C)(O)C2(C)O)CC1(C)CO. The van der Waals surface area contributed by atoms with Gasteiger partial charge in [-0.3, -0.25) is 0 Å². The molecule has 2 saturated heterocycles. The summed E-state index contributed by atoms with van der Waals surface area (Å²) in [6.45, 7) is 14.7. The van der Waals surface area contributed by atoms with Crippen LogP contribution in [0.1, 0.15) is 75.7 Å². The van der Waals surface area contributed by atoms with Crippen molar-refractivity contribution >= 4 is 0 Å². The van der Waals surface area contributed by atoms with E-state index in [9.17, 15) is 30.6 Å². The summed E-state index contributed by atoms with van der Waals surface area (Å²) in [6.07, 6.45) is 0.222. The number of hydrogen-bond acceptors (Lipinski definition) is 9. The maximum atomic E-state index is 11.5. The van der Waals surface area contributed by atoms with Crippen molar-refractivity contribution in [1.29, 1.82) is 0 Å². The van der Waals surface area contributed by atoms with E-state index in [0.29, 0.717) is 0 Å². The highest BCUT2D eigenvalue weighted by atomic mass is 16.6. The van der Waals surface area contributed by atoms with Crippen LogP contribution in [0.4, 0.5) is 0 Å². The molecule has 0 radical (unpaired) electrons. The van der Waals surface area contributed by atoms with Gasteiger partial charge in [-0.1, -0.05) is 6.92 Å². The summed E-state index contributed by atoms with van der Waals surface area (Å²) in [6, 6.07) is 0. The minimum absolute atomic E-state index is 0.0122. The van der Waals surface area contributed by atoms with Crippen molar-refractivity contribution in [2.24, 2.45) is 5.41 Å². The van der Waals surface area contributed by atoms with E-state index in [0.717, 1.165) is 0 Å². The Morgan fingerprint density at radius 1 is 0.697 bits per heavy atom. The molecule has 196 valence electrons. The number of rotatable bonds is 5. The Bertz CT molecular complexity index is 746. The first-order valence-corrected chi connectivity index (χ1v) is 11.5. The zero-order valence-corrected chi connectivity index (χ0v) is 21.9. The maximum Gasteiger partial charge on any atom is 0.124 e. The summed E-state index contributed by atoms with van der Waals surface area (Å²) in [5.41, 5.74) is -13.5. The molecule has 0 spiro atoms. The molecule has 0 aliphatic carbocycles. The van der Waals surface area contributed by atoms with Crippen LogP contribution in [0.2, 0.25) is 0 Å². The predicted octanol–water partition coefficient (Wildman–Crippen LogP) is 0.503. The molecule has 2 heterocycles. The van der Waals surface area contributed by atoms with Gasteiger partial charge < -0.3 is 44.8 Å². The number of hydrogen-bond donors (Lipinski definition) is 6. The van der Waals surface area contributed by atoms with Gasteiger partial charge in [-0.2, -0.15) is 0 Å². The third kappa shape index (κ3) is 3.79. The first-order chi connectivity index (χ1) is 14.4. The summed E-state index contributed by atoms with van der Waals surface area (Å²) in [4.78, 5) is 0. The van der Waals surface area contributed by atoms with Crippen molar-refractivity contribution in [2.45, 2.75) is 120 Å². The van der Waals surface area contributed by atoms with Crippen LogP contribution in [0.5, 0.6) is 0 Å². The fraction of sp³-hybridized carbons (Fsp3) is 1.00. The standard InChI is InChI=1S/C24H46O9/c1-16(2)19(5,11-17(3,12-25)18(4,27)14-31-16)32-15-21(7)23(9,29)24(10,30)22(8,28)20(6,13-26)33-21/h25-30H,11-15H2,1-10H3/t17?,18?,19?,20?,21-,22-,23?,24?/m1/s1. The molecule has 9 nitrogen and oxygen atoms in total. The lowest BCUT2D eigenvalue weighted by Gasteiger charge is -2.66. The third-order valence-electron chi connectivity index (χ3n) is 9.74. The Balaban J connectivity index is 2.50. The average Bonchev–Trinajstić information content (AvgIpc) is 2.73. The molecule has 0 aromatic carbocycles. The lowest BCUT2D eigenvalue weighted by Crippen LogP contribution is -2.85. The van der Waals surface area contributed by atoms with Gasteiger partial charge in [-0.05, 0) is 68.7 Å². The summed E-state index contributed by atoms with van der Waals surface area (Å²) in [5, 5.41) is 65.2. The number of aliphatic hydroxyl groups excluding tert-OH is 2. The van der Waals surface area contributed by atoms with Crippen molar-refractivity contribution in [2.75, 3.05) is 26.4 Å². The molecular formula is C24H46O9. The van der Waals surface area contributed by atoms with Crippen molar-refractivity contribution in [1.82, 2.24) is 0 Å². The van der Waals surface area contributed by atoms with Crippen LogP contribution in [0.25, 0.3) is 0 Å². The molecule has 6 unspecified atom stereocenters. The summed E-state index contributed by atoms with van der Waals surface area (Å²) < 4.78 is 18.6. The predicted molar refractivity (Wildman–Crippen MR) is 122 cm³/mol. The summed E-state index contributed by atoms with van der Waals surface area (Å²) in [5.74, 6) is 0. The first kappa shape index (κ1) is 28.9. The van der Waals surface area contributed by atoms with Crippen LogP contribution in [-0.2, 0) is 14.2 Å². The zero-order chi connectivity index (χ0) is 26.2. The smallest absolute Gasteiger partial charge is 0.124 e. The third-order valence-corrected chi connectivity index (χ3v) is 9.74. The lowest BCUT2D eigenvalue weighted by atomic mass is 9.58. The highest BCUT2D eigenvalue weighted by Crippen LogP contribution is 2.55. The minimum Gasteiger partial charge on any atom is -0.396 e. The van der Waals surface area contributed by atoms with Gasteiger partial charge in [0.1, 0.15) is 28.0 Å². The van der Waals surface area contributed by atoms with Crippen LogP contribution >= 0.6 is 0 Å². The Labute approximate surface area is 197 Å². The molecule has 0 aromatic rings. The van der Waals surface area contributed by atoms with E-state index >= 15 is 0 Å². The van der Waals surface area contributed by atoms with Crippen molar-refractivity contribution in [3.05, 3.63) is 0 Å². The largest absolute Gasteiger partial charge is 0.396 e. The Morgan fingerprint density at radius 3 is 1.64 bits per heavy atom. The molecule has 33 heavy (non-hydrogen) atoms. The van der Waals surface area contributed by atoms with Crippen LogP contribution in [0, 0.1) is 5.41 Å². The van der Waals surface area contributed by atoms with Gasteiger partial charge in [0.2, 0.25) is 0 Å². The van der Waals surface area contributed by atoms with Gasteiger partial charge in [0.05, 0.1) is 43.2 Å². The Morgan fingerprint density at radius 2 is 1.18 bits per heavy atom. The second kappa shape index (κ2) is 7.82. The van der Waals surface area contributed by atoms with Crippen LogP contribution in [-0.4, -0.2) is 102 Å². The van der Waals surface area contributed by atoms with Gasteiger partial charge in [-0.25, -0.2) is 0 Å². The molecule has 2 fully saturated rings. The van der Waals surface area contributed by atoms with E-state index in [4.69, 9.17) is 14.2 Å². The molecular weight excluding hydrogens is 432 g/mol. The van der Waals surface area contributed by atoms with E-state index in [2.05, 4.69) is 0 Å². The highest BCUT2D eigenvalue weighted by Gasteiger charge is 2.74. The minimum atomic E-state index is -2.09. The van der Waals surface area contributed by atoms with E-state index in [1.54, 1.807) is 20.8 Å². The quantitative estimate of drug-likeness (QED) is 0.332. The van der Waals surface area contributed by atoms with Gasteiger partial charge >= 0.3 is 0 Å². The topological polar surface area (TPSA) is 149 Å². The van der Waals surface area contributed by atoms with Crippen molar-refractivity contribution in [3.8, 4) is 0 Å². The Kier molecular flexibility index (Phi) is 6.84. The molecule has 2 aliphatic rings. The van der Waals surface area contributed by atoms with Gasteiger partial charge in [0, 0.05) is 5.41 Å². The van der Waals surface area contributed by atoms with E-state index in [-0.39, 0.29) is 26.2 Å². The second-order valence-electron chi connectivity index (χ2n) is 12.4. The molecule has 0 aromatic heterocycles. The molecule has 0 amide bonds.